The van der Waals surface area contributed by atoms with Gasteiger partial charge in [-0.05, 0) is 31.5 Å². The molecular formula is C14H17FN2O2. The van der Waals surface area contributed by atoms with Crippen molar-refractivity contribution in [3.05, 3.63) is 29.6 Å². The number of hydrogen-bond acceptors (Lipinski definition) is 3. The second-order valence-electron chi connectivity index (χ2n) is 5.14. The fourth-order valence-corrected chi connectivity index (χ4v) is 2.51. The first-order valence-electron chi connectivity index (χ1n) is 6.22. The summed E-state index contributed by atoms with van der Waals surface area (Å²) in [5.41, 5.74) is 0.262. The fraction of sp³-hybridized carbons (Fsp3) is 0.429. The second-order valence-corrected chi connectivity index (χ2v) is 5.14. The van der Waals surface area contributed by atoms with Gasteiger partial charge in [0.1, 0.15) is 12.1 Å². The first-order chi connectivity index (χ1) is 9.00. The number of aldehydes is 1. The Morgan fingerprint density at radius 1 is 1.53 bits per heavy atom. The van der Waals surface area contributed by atoms with E-state index in [1.165, 1.54) is 6.07 Å². The lowest BCUT2D eigenvalue weighted by Gasteiger charge is -2.24. The monoisotopic (exact) mass is 264 g/mol. The summed E-state index contributed by atoms with van der Waals surface area (Å²) in [5, 5.41) is 2.65. The van der Waals surface area contributed by atoms with E-state index in [1.807, 2.05) is 11.8 Å². The number of halogens is 1. The van der Waals surface area contributed by atoms with Crippen molar-refractivity contribution in [3.63, 3.8) is 0 Å². The van der Waals surface area contributed by atoms with Crippen molar-refractivity contribution in [2.24, 2.45) is 5.41 Å². The Hall–Kier alpha value is -1.91. The van der Waals surface area contributed by atoms with Crippen LogP contribution < -0.4 is 10.2 Å². The van der Waals surface area contributed by atoms with E-state index in [9.17, 15) is 14.0 Å². The number of nitrogens with one attached hydrogen (secondary N) is 1. The summed E-state index contributed by atoms with van der Waals surface area (Å²) in [6.45, 7) is 2.98. The molecular weight excluding hydrogens is 247 g/mol. The van der Waals surface area contributed by atoms with Crippen molar-refractivity contribution < 1.29 is 14.0 Å². The van der Waals surface area contributed by atoms with Gasteiger partial charge in [0.05, 0.1) is 11.1 Å². The van der Waals surface area contributed by atoms with Gasteiger partial charge in [0, 0.05) is 25.7 Å². The van der Waals surface area contributed by atoms with Gasteiger partial charge in [-0.1, -0.05) is 0 Å². The van der Waals surface area contributed by atoms with Crippen molar-refractivity contribution in [2.75, 3.05) is 25.0 Å². The largest absolute Gasteiger partial charge is 0.368 e. The molecule has 2 rings (SSSR count). The maximum Gasteiger partial charge on any atom is 0.227 e. The molecule has 1 heterocycles. The van der Waals surface area contributed by atoms with Crippen LogP contribution >= 0.6 is 0 Å². The molecule has 1 saturated heterocycles. The smallest absolute Gasteiger partial charge is 0.227 e. The number of hydrogen-bond donors (Lipinski definition) is 1. The number of carbonyl (C=O) groups is 2. The molecule has 19 heavy (non-hydrogen) atoms. The zero-order valence-corrected chi connectivity index (χ0v) is 11.1. The Kier molecular flexibility index (Phi) is 3.55. The van der Waals surface area contributed by atoms with Gasteiger partial charge in [-0.15, -0.1) is 0 Å². The van der Waals surface area contributed by atoms with Crippen LogP contribution in [0.2, 0.25) is 0 Å². The van der Waals surface area contributed by atoms with Crippen molar-refractivity contribution >= 4 is 17.9 Å². The first-order valence-corrected chi connectivity index (χ1v) is 6.22. The lowest BCUT2D eigenvalue weighted by molar-refractivity contribution is -0.128. The van der Waals surface area contributed by atoms with Gasteiger partial charge in [-0.3, -0.25) is 9.59 Å². The summed E-state index contributed by atoms with van der Waals surface area (Å²) < 4.78 is 13.9. The average Bonchev–Trinajstić information content (AvgIpc) is 2.81. The summed E-state index contributed by atoms with van der Waals surface area (Å²) in [7, 11) is 1.61. The number of rotatable bonds is 3. The highest BCUT2D eigenvalue weighted by Gasteiger charge is 2.40. The zero-order chi connectivity index (χ0) is 14.0. The van der Waals surface area contributed by atoms with E-state index in [4.69, 9.17) is 0 Å². The molecule has 1 aliphatic heterocycles. The van der Waals surface area contributed by atoms with Crippen LogP contribution in [0.5, 0.6) is 0 Å². The highest BCUT2D eigenvalue weighted by atomic mass is 19.1. The predicted octanol–water partition coefficient (Wildman–Crippen LogP) is 1.60. The Labute approximate surface area is 111 Å². The molecule has 4 nitrogen and oxygen atoms in total. The zero-order valence-electron chi connectivity index (χ0n) is 11.1. The molecule has 1 aliphatic rings. The molecule has 102 valence electrons. The third kappa shape index (κ3) is 2.45. The van der Waals surface area contributed by atoms with Crippen LogP contribution in [0.15, 0.2) is 18.2 Å². The van der Waals surface area contributed by atoms with Gasteiger partial charge >= 0.3 is 0 Å². The lowest BCUT2D eigenvalue weighted by Crippen LogP contribution is -2.39. The van der Waals surface area contributed by atoms with Gasteiger partial charge in [0.15, 0.2) is 0 Å². The number of amides is 1. The number of carbonyl (C=O) groups excluding carboxylic acids is 2. The molecule has 0 aliphatic carbocycles. The molecule has 1 amide bonds. The number of nitrogens with zero attached hydrogens (tertiary/aromatic N) is 1. The van der Waals surface area contributed by atoms with Crippen LogP contribution in [0.25, 0.3) is 0 Å². The normalized spacial score (nSPS) is 22.4. The predicted molar refractivity (Wildman–Crippen MR) is 70.8 cm³/mol. The van der Waals surface area contributed by atoms with Crippen molar-refractivity contribution in [2.45, 2.75) is 13.3 Å². The topological polar surface area (TPSA) is 49.4 Å². The molecule has 0 saturated carbocycles. The van der Waals surface area contributed by atoms with E-state index < -0.39 is 11.2 Å². The molecule has 1 atom stereocenters. The van der Waals surface area contributed by atoms with Crippen LogP contribution in [-0.2, 0) is 4.79 Å². The quantitative estimate of drug-likeness (QED) is 0.844. The molecule has 0 bridgehead atoms. The minimum absolute atomic E-state index is 0.0279. The van der Waals surface area contributed by atoms with Crippen LogP contribution in [0.1, 0.15) is 23.7 Å². The molecule has 1 aromatic carbocycles. The van der Waals surface area contributed by atoms with E-state index in [0.717, 1.165) is 0 Å². The van der Waals surface area contributed by atoms with Crippen LogP contribution in [-0.4, -0.2) is 32.3 Å². The molecule has 1 unspecified atom stereocenters. The van der Waals surface area contributed by atoms with E-state index in [-0.39, 0.29) is 5.91 Å². The molecule has 1 N–H and O–H groups in total. The summed E-state index contributed by atoms with van der Waals surface area (Å²) in [6, 6.07) is 4.40. The molecule has 5 heteroatoms. The Bertz CT molecular complexity index is 518. The molecule has 0 spiro atoms. The molecule has 0 radical (unpaired) electrons. The van der Waals surface area contributed by atoms with E-state index >= 15 is 0 Å². The Morgan fingerprint density at radius 2 is 2.26 bits per heavy atom. The molecule has 1 fully saturated rings. The third-order valence-electron chi connectivity index (χ3n) is 3.70. The van der Waals surface area contributed by atoms with E-state index in [2.05, 4.69) is 5.32 Å². The highest BCUT2D eigenvalue weighted by Crippen LogP contribution is 2.34. The van der Waals surface area contributed by atoms with Crippen LogP contribution in [0.4, 0.5) is 10.1 Å². The van der Waals surface area contributed by atoms with Crippen molar-refractivity contribution in [1.29, 1.82) is 0 Å². The van der Waals surface area contributed by atoms with Gasteiger partial charge in [-0.2, -0.15) is 0 Å². The average molecular weight is 264 g/mol. The van der Waals surface area contributed by atoms with Crippen molar-refractivity contribution in [3.8, 4) is 0 Å². The number of benzene rings is 1. The van der Waals surface area contributed by atoms with E-state index in [1.54, 1.807) is 19.2 Å². The summed E-state index contributed by atoms with van der Waals surface area (Å²) in [4.78, 5) is 24.3. The number of anilines is 1. The lowest BCUT2D eigenvalue weighted by atomic mass is 9.89. The minimum atomic E-state index is -0.496. The van der Waals surface area contributed by atoms with Gasteiger partial charge in [0.25, 0.3) is 0 Å². The maximum absolute atomic E-state index is 13.9. The Morgan fingerprint density at radius 3 is 2.84 bits per heavy atom. The maximum atomic E-state index is 13.9. The molecule has 0 aromatic heterocycles. The van der Waals surface area contributed by atoms with Gasteiger partial charge in [0.2, 0.25) is 5.91 Å². The van der Waals surface area contributed by atoms with E-state index in [0.29, 0.717) is 37.0 Å². The van der Waals surface area contributed by atoms with Crippen LogP contribution in [0, 0.1) is 11.2 Å². The first kappa shape index (κ1) is 13.5. The minimum Gasteiger partial charge on any atom is -0.368 e. The van der Waals surface area contributed by atoms with Crippen molar-refractivity contribution in [1.82, 2.24) is 5.32 Å². The standard InChI is InChI=1S/C14H17FN2O2/c1-14(13(19)16-2)5-6-17(9-14)12-4-3-10(8-18)7-11(12)15/h3-4,7-8H,5-6,9H2,1-2H3,(H,16,19). The van der Waals surface area contributed by atoms with Gasteiger partial charge < -0.3 is 10.2 Å². The fourth-order valence-electron chi connectivity index (χ4n) is 2.51. The molecule has 1 aromatic rings. The summed E-state index contributed by atoms with van der Waals surface area (Å²) >= 11 is 0. The third-order valence-corrected chi connectivity index (χ3v) is 3.70. The van der Waals surface area contributed by atoms with Gasteiger partial charge in [-0.25, -0.2) is 4.39 Å². The highest BCUT2D eigenvalue weighted by molar-refractivity contribution is 5.83. The summed E-state index contributed by atoms with van der Waals surface area (Å²) in [5.74, 6) is -0.453. The summed E-state index contributed by atoms with van der Waals surface area (Å²) in [6.07, 6.45) is 1.30. The van der Waals surface area contributed by atoms with Crippen LogP contribution in [0.3, 0.4) is 0 Å². The SMILES string of the molecule is CNC(=O)C1(C)CCN(c2ccc(C=O)cc2F)C1. The second kappa shape index (κ2) is 4.99. The Balaban J connectivity index is 2.21.